The maximum atomic E-state index is 12.2. The standard InChI is InChI=1S/C25H26N2O/c1-3-4-5-6-14-24(28)27-23-13-8-7-10-20(23)17-18-22-12-9-11-21-16-15-19(2)26-25(21)22/h7-13,15-16H,3-6,14H2,1-2H3,(H,27,28). The van der Waals surface area contributed by atoms with Gasteiger partial charge in [-0.1, -0.05) is 68.4 Å². The number of amides is 1. The monoisotopic (exact) mass is 370 g/mol. The number of aryl methyl sites for hydroxylation is 1. The first-order chi connectivity index (χ1) is 13.7. The smallest absolute Gasteiger partial charge is 0.224 e. The fourth-order valence-corrected chi connectivity index (χ4v) is 3.11. The number of unbranched alkanes of at least 4 members (excludes halogenated alkanes) is 3. The lowest BCUT2D eigenvalue weighted by atomic mass is 10.1. The Hall–Kier alpha value is -3.12. The maximum absolute atomic E-state index is 12.2. The quantitative estimate of drug-likeness (QED) is 0.437. The number of nitrogens with one attached hydrogen (secondary N) is 1. The first kappa shape index (κ1) is 19.6. The third kappa shape index (κ3) is 5.20. The second-order valence-electron chi connectivity index (χ2n) is 6.98. The molecule has 0 saturated carbocycles. The van der Waals surface area contributed by atoms with Crippen LogP contribution in [-0.2, 0) is 4.79 Å². The molecule has 0 fully saturated rings. The van der Waals surface area contributed by atoms with Crippen LogP contribution in [0.4, 0.5) is 5.69 Å². The Morgan fingerprint density at radius 2 is 1.71 bits per heavy atom. The van der Waals surface area contributed by atoms with Crippen molar-refractivity contribution in [3.63, 3.8) is 0 Å². The van der Waals surface area contributed by atoms with E-state index in [1.807, 2.05) is 55.5 Å². The van der Waals surface area contributed by atoms with Gasteiger partial charge in [-0.15, -0.1) is 0 Å². The number of hydrogen-bond donors (Lipinski definition) is 1. The van der Waals surface area contributed by atoms with Crippen molar-refractivity contribution in [2.24, 2.45) is 0 Å². The van der Waals surface area contributed by atoms with Crippen molar-refractivity contribution in [2.45, 2.75) is 46.0 Å². The summed E-state index contributed by atoms with van der Waals surface area (Å²) in [6.07, 6.45) is 4.91. The van der Waals surface area contributed by atoms with Crippen LogP contribution in [0.2, 0.25) is 0 Å². The molecule has 0 aliphatic heterocycles. The van der Waals surface area contributed by atoms with Gasteiger partial charge in [0.05, 0.1) is 16.8 Å². The van der Waals surface area contributed by atoms with Gasteiger partial charge in [0.1, 0.15) is 0 Å². The van der Waals surface area contributed by atoms with Crippen LogP contribution >= 0.6 is 0 Å². The number of pyridine rings is 1. The molecule has 0 unspecified atom stereocenters. The second-order valence-corrected chi connectivity index (χ2v) is 6.98. The highest BCUT2D eigenvalue weighted by atomic mass is 16.1. The summed E-state index contributed by atoms with van der Waals surface area (Å²) in [7, 11) is 0. The van der Waals surface area contributed by atoms with Gasteiger partial charge in [0.25, 0.3) is 0 Å². The van der Waals surface area contributed by atoms with Crippen molar-refractivity contribution in [3.8, 4) is 11.8 Å². The van der Waals surface area contributed by atoms with Gasteiger partial charge in [0.15, 0.2) is 0 Å². The number of rotatable bonds is 6. The van der Waals surface area contributed by atoms with E-state index in [1.165, 1.54) is 12.8 Å². The van der Waals surface area contributed by atoms with E-state index in [0.717, 1.165) is 46.3 Å². The molecular formula is C25H26N2O. The molecule has 142 valence electrons. The number of anilines is 1. The van der Waals surface area contributed by atoms with E-state index < -0.39 is 0 Å². The van der Waals surface area contributed by atoms with Gasteiger partial charge < -0.3 is 5.32 Å². The Labute approximate surface area is 167 Å². The number of carbonyl (C=O) groups excluding carboxylic acids is 1. The van der Waals surface area contributed by atoms with Crippen LogP contribution in [0.1, 0.15) is 55.8 Å². The van der Waals surface area contributed by atoms with E-state index in [9.17, 15) is 4.79 Å². The topological polar surface area (TPSA) is 42.0 Å². The van der Waals surface area contributed by atoms with Crippen LogP contribution in [0, 0.1) is 18.8 Å². The number of carbonyl (C=O) groups is 1. The molecule has 28 heavy (non-hydrogen) atoms. The van der Waals surface area contributed by atoms with Gasteiger partial charge in [-0.3, -0.25) is 9.78 Å². The number of benzene rings is 2. The average molecular weight is 370 g/mol. The Kier molecular flexibility index (Phi) is 6.81. The predicted molar refractivity (Wildman–Crippen MR) is 116 cm³/mol. The number of aromatic nitrogens is 1. The molecular weight excluding hydrogens is 344 g/mol. The third-order valence-corrected chi connectivity index (χ3v) is 4.65. The first-order valence-electron chi connectivity index (χ1n) is 9.94. The van der Waals surface area contributed by atoms with Crippen molar-refractivity contribution in [3.05, 3.63) is 71.4 Å². The maximum Gasteiger partial charge on any atom is 0.224 e. The summed E-state index contributed by atoms with van der Waals surface area (Å²) in [6, 6.07) is 17.8. The van der Waals surface area contributed by atoms with Crippen LogP contribution in [0.15, 0.2) is 54.6 Å². The summed E-state index contributed by atoms with van der Waals surface area (Å²) < 4.78 is 0. The molecule has 0 atom stereocenters. The van der Waals surface area contributed by atoms with Crippen molar-refractivity contribution >= 4 is 22.5 Å². The zero-order valence-electron chi connectivity index (χ0n) is 16.6. The van der Waals surface area contributed by atoms with Crippen LogP contribution in [0.3, 0.4) is 0 Å². The van der Waals surface area contributed by atoms with Crippen LogP contribution in [-0.4, -0.2) is 10.9 Å². The Balaban J connectivity index is 1.80. The van der Waals surface area contributed by atoms with E-state index in [1.54, 1.807) is 0 Å². The van der Waals surface area contributed by atoms with Crippen molar-refractivity contribution in [2.75, 3.05) is 5.32 Å². The van der Waals surface area contributed by atoms with Gasteiger partial charge in [-0.05, 0) is 37.6 Å². The highest BCUT2D eigenvalue weighted by Gasteiger charge is 2.06. The molecule has 0 aliphatic rings. The summed E-state index contributed by atoms with van der Waals surface area (Å²) >= 11 is 0. The lowest BCUT2D eigenvalue weighted by Crippen LogP contribution is -2.12. The highest BCUT2D eigenvalue weighted by molar-refractivity contribution is 5.92. The molecule has 0 bridgehead atoms. The van der Waals surface area contributed by atoms with E-state index in [-0.39, 0.29) is 5.91 Å². The minimum Gasteiger partial charge on any atom is -0.325 e. The van der Waals surface area contributed by atoms with Gasteiger partial charge in [-0.2, -0.15) is 0 Å². The molecule has 3 aromatic rings. The summed E-state index contributed by atoms with van der Waals surface area (Å²) in [6.45, 7) is 4.15. The predicted octanol–water partition coefficient (Wildman–Crippen LogP) is 5.85. The van der Waals surface area contributed by atoms with Crippen LogP contribution in [0.5, 0.6) is 0 Å². The molecule has 0 radical (unpaired) electrons. The lowest BCUT2D eigenvalue weighted by Gasteiger charge is -2.07. The Morgan fingerprint density at radius 3 is 2.57 bits per heavy atom. The summed E-state index contributed by atoms with van der Waals surface area (Å²) in [5, 5.41) is 4.09. The summed E-state index contributed by atoms with van der Waals surface area (Å²) in [5.74, 6) is 6.51. The second kappa shape index (κ2) is 9.71. The van der Waals surface area contributed by atoms with Crippen molar-refractivity contribution < 1.29 is 4.79 Å². The SMILES string of the molecule is CCCCCCC(=O)Nc1ccccc1C#Cc1cccc2ccc(C)nc12. The summed E-state index contributed by atoms with van der Waals surface area (Å²) in [5.41, 5.74) is 4.35. The minimum atomic E-state index is 0.0489. The van der Waals surface area contributed by atoms with E-state index >= 15 is 0 Å². The zero-order valence-corrected chi connectivity index (χ0v) is 16.6. The minimum absolute atomic E-state index is 0.0489. The molecule has 3 heteroatoms. The van der Waals surface area contributed by atoms with Gasteiger partial charge in [0, 0.05) is 23.1 Å². The molecule has 2 aromatic carbocycles. The molecule has 3 nitrogen and oxygen atoms in total. The van der Waals surface area contributed by atoms with Crippen molar-refractivity contribution in [1.82, 2.24) is 4.98 Å². The van der Waals surface area contributed by atoms with E-state index in [4.69, 9.17) is 0 Å². The molecule has 1 heterocycles. The number of hydrogen-bond acceptors (Lipinski definition) is 2. The van der Waals surface area contributed by atoms with Crippen LogP contribution < -0.4 is 5.32 Å². The normalized spacial score (nSPS) is 10.4. The average Bonchev–Trinajstić information content (AvgIpc) is 2.70. The Bertz CT molecular complexity index is 1030. The van der Waals surface area contributed by atoms with Crippen molar-refractivity contribution in [1.29, 1.82) is 0 Å². The lowest BCUT2D eigenvalue weighted by molar-refractivity contribution is -0.116. The fraction of sp³-hybridized carbons (Fsp3) is 0.280. The summed E-state index contributed by atoms with van der Waals surface area (Å²) in [4.78, 5) is 16.9. The van der Waals surface area contributed by atoms with Gasteiger partial charge in [0.2, 0.25) is 5.91 Å². The highest BCUT2D eigenvalue weighted by Crippen LogP contribution is 2.18. The molecule has 3 rings (SSSR count). The number of fused-ring (bicyclic) bond motifs is 1. The number of para-hydroxylation sites is 2. The molecule has 1 aromatic heterocycles. The fourth-order valence-electron chi connectivity index (χ4n) is 3.11. The molecule has 1 amide bonds. The van der Waals surface area contributed by atoms with Gasteiger partial charge in [-0.25, -0.2) is 0 Å². The number of nitrogens with zero attached hydrogens (tertiary/aromatic N) is 1. The van der Waals surface area contributed by atoms with E-state index in [0.29, 0.717) is 6.42 Å². The van der Waals surface area contributed by atoms with Gasteiger partial charge >= 0.3 is 0 Å². The molecule has 1 N–H and O–H groups in total. The Morgan fingerprint density at radius 1 is 0.929 bits per heavy atom. The first-order valence-corrected chi connectivity index (χ1v) is 9.94. The molecule has 0 saturated heterocycles. The zero-order chi connectivity index (χ0) is 19.8. The van der Waals surface area contributed by atoms with E-state index in [2.05, 4.69) is 35.1 Å². The molecule has 0 spiro atoms. The van der Waals surface area contributed by atoms with Crippen LogP contribution in [0.25, 0.3) is 10.9 Å². The third-order valence-electron chi connectivity index (χ3n) is 4.65. The molecule has 0 aliphatic carbocycles. The largest absolute Gasteiger partial charge is 0.325 e.